The number of aliphatic carboxylic acids is 1. The van der Waals surface area contributed by atoms with Crippen molar-refractivity contribution in [2.24, 2.45) is 0 Å². The molecule has 0 aromatic heterocycles. The van der Waals surface area contributed by atoms with Gasteiger partial charge in [0, 0.05) is 5.75 Å². The molecule has 0 bridgehead atoms. The van der Waals surface area contributed by atoms with E-state index in [2.05, 4.69) is 0 Å². The lowest BCUT2D eigenvalue weighted by atomic mass is 9.63. The maximum Gasteiger partial charge on any atom is 0.327 e. The lowest BCUT2D eigenvalue weighted by Crippen LogP contribution is -2.54. The first-order valence-electron chi connectivity index (χ1n) is 6.82. The highest BCUT2D eigenvalue weighted by atomic mass is 32.2. The number of carboxylic acid groups (broad SMARTS) is 1. The summed E-state index contributed by atoms with van der Waals surface area (Å²) in [6, 6.07) is 9.11. The van der Waals surface area contributed by atoms with Gasteiger partial charge < -0.3 is 10.0 Å². The summed E-state index contributed by atoms with van der Waals surface area (Å²) >= 11 is 1.52. The van der Waals surface area contributed by atoms with Crippen LogP contribution in [0.15, 0.2) is 30.3 Å². The van der Waals surface area contributed by atoms with Crippen LogP contribution < -0.4 is 0 Å². The standard InChI is InChI=1S/C15H17NO3S/c17-13(18)12-9-20-10-16(12)14(19)15(7-4-8-15)11-5-2-1-3-6-11/h1-3,5-6,12H,4,7-10H2,(H,17,18). The fourth-order valence-corrected chi connectivity index (χ4v) is 4.18. The molecular weight excluding hydrogens is 274 g/mol. The fraction of sp³-hybridized carbons (Fsp3) is 0.467. The number of hydrogen-bond acceptors (Lipinski definition) is 3. The Balaban J connectivity index is 1.90. The minimum Gasteiger partial charge on any atom is -0.480 e. The molecule has 1 heterocycles. The molecule has 1 aromatic carbocycles. The Kier molecular flexibility index (Phi) is 3.46. The van der Waals surface area contributed by atoms with Gasteiger partial charge in [-0.15, -0.1) is 11.8 Å². The maximum absolute atomic E-state index is 12.9. The third-order valence-corrected chi connectivity index (χ3v) is 5.38. The van der Waals surface area contributed by atoms with Gasteiger partial charge in [-0.25, -0.2) is 4.79 Å². The Morgan fingerprint density at radius 2 is 1.95 bits per heavy atom. The minimum atomic E-state index is -0.897. The molecule has 2 aliphatic rings. The quantitative estimate of drug-likeness (QED) is 0.926. The summed E-state index contributed by atoms with van der Waals surface area (Å²) in [4.78, 5) is 25.7. The molecule has 5 heteroatoms. The molecule has 1 unspecified atom stereocenters. The Labute approximate surface area is 122 Å². The van der Waals surface area contributed by atoms with Gasteiger partial charge in [0.1, 0.15) is 6.04 Å². The van der Waals surface area contributed by atoms with E-state index < -0.39 is 17.4 Å². The summed E-state index contributed by atoms with van der Waals surface area (Å²) in [5, 5.41) is 9.25. The monoisotopic (exact) mass is 291 g/mol. The van der Waals surface area contributed by atoms with E-state index in [1.807, 2.05) is 30.3 Å². The number of amides is 1. The highest BCUT2D eigenvalue weighted by Crippen LogP contribution is 2.46. The largest absolute Gasteiger partial charge is 0.480 e. The number of carbonyl (C=O) groups excluding carboxylic acids is 1. The van der Waals surface area contributed by atoms with E-state index in [1.54, 1.807) is 4.90 Å². The van der Waals surface area contributed by atoms with Gasteiger partial charge in [-0.05, 0) is 18.4 Å². The summed E-state index contributed by atoms with van der Waals surface area (Å²) in [7, 11) is 0. The first-order valence-corrected chi connectivity index (χ1v) is 7.98. The zero-order valence-electron chi connectivity index (χ0n) is 11.1. The van der Waals surface area contributed by atoms with E-state index in [0.717, 1.165) is 24.8 Å². The molecule has 20 heavy (non-hydrogen) atoms. The Hall–Kier alpha value is -1.49. The molecule has 0 spiro atoms. The predicted octanol–water partition coefficient (Wildman–Crippen LogP) is 2.09. The van der Waals surface area contributed by atoms with Crippen molar-refractivity contribution in [2.45, 2.75) is 30.7 Å². The molecule has 1 aliphatic carbocycles. The molecular formula is C15H17NO3S. The predicted molar refractivity (Wildman–Crippen MR) is 77.6 cm³/mol. The van der Waals surface area contributed by atoms with Gasteiger partial charge in [-0.3, -0.25) is 4.79 Å². The van der Waals surface area contributed by atoms with E-state index in [1.165, 1.54) is 11.8 Å². The average molecular weight is 291 g/mol. The van der Waals surface area contributed by atoms with E-state index in [0.29, 0.717) is 11.6 Å². The maximum atomic E-state index is 12.9. The van der Waals surface area contributed by atoms with Gasteiger partial charge >= 0.3 is 5.97 Å². The van der Waals surface area contributed by atoms with Crippen LogP contribution in [-0.2, 0) is 15.0 Å². The van der Waals surface area contributed by atoms with Gasteiger partial charge in [0.2, 0.25) is 5.91 Å². The zero-order chi connectivity index (χ0) is 14.2. The second kappa shape index (κ2) is 5.13. The number of hydrogen-bond donors (Lipinski definition) is 1. The topological polar surface area (TPSA) is 57.6 Å². The Morgan fingerprint density at radius 1 is 1.25 bits per heavy atom. The second-order valence-corrected chi connectivity index (χ2v) is 6.43. The average Bonchev–Trinajstić information content (AvgIpc) is 2.88. The van der Waals surface area contributed by atoms with Crippen molar-refractivity contribution >= 4 is 23.6 Å². The molecule has 1 atom stereocenters. The third kappa shape index (κ3) is 2.00. The van der Waals surface area contributed by atoms with Crippen LogP contribution in [0.5, 0.6) is 0 Å². The third-order valence-electron chi connectivity index (χ3n) is 4.37. The Morgan fingerprint density at radius 3 is 2.50 bits per heavy atom. The normalized spacial score (nSPS) is 24.2. The zero-order valence-corrected chi connectivity index (χ0v) is 11.9. The van der Waals surface area contributed by atoms with E-state index in [4.69, 9.17) is 0 Å². The number of thioether (sulfide) groups is 1. The molecule has 1 amide bonds. The molecule has 4 nitrogen and oxygen atoms in total. The van der Waals surface area contributed by atoms with E-state index >= 15 is 0 Å². The van der Waals surface area contributed by atoms with Crippen LogP contribution in [-0.4, -0.2) is 39.6 Å². The number of rotatable bonds is 3. The van der Waals surface area contributed by atoms with Crippen molar-refractivity contribution in [3.05, 3.63) is 35.9 Å². The molecule has 1 saturated heterocycles. The SMILES string of the molecule is O=C(O)C1CSCN1C(=O)C1(c2ccccc2)CCC1. The Bertz CT molecular complexity index is 527. The summed E-state index contributed by atoms with van der Waals surface area (Å²) in [6.45, 7) is 0. The fourth-order valence-electron chi connectivity index (χ4n) is 3.04. The molecule has 1 aliphatic heterocycles. The number of carbonyl (C=O) groups is 2. The highest BCUT2D eigenvalue weighted by molar-refractivity contribution is 7.99. The second-order valence-electron chi connectivity index (χ2n) is 5.43. The molecule has 1 N–H and O–H groups in total. The van der Waals surface area contributed by atoms with Crippen LogP contribution in [0.3, 0.4) is 0 Å². The molecule has 3 rings (SSSR count). The van der Waals surface area contributed by atoms with Gasteiger partial charge in [-0.2, -0.15) is 0 Å². The molecule has 2 fully saturated rings. The van der Waals surface area contributed by atoms with E-state index in [-0.39, 0.29) is 5.91 Å². The highest BCUT2D eigenvalue weighted by Gasteiger charge is 2.50. The van der Waals surface area contributed by atoms with Crippen LogP contribution in [0, 0.1) is 0 Å². The van der Waals surface area contributed by atoms with E-state index in [9.17, 15) is 14.7 Å². The van der Waals surface area contributed by atoms with Crippen LogP contribution in [0.4, 0.5) is 0 Å². The van der Waals surface area contributed by atoms with Gasteiger partial charge in [0.25, 0.3) is 0 Å². The van der Waals surface area contributed by atoms with Gasteiger partial charge in [-0.1, -0.05) is 36.8 Å². The van der Waals surface area contributed by atoms with Crippen molar-refractivity contribution in [2.75, 3.05) is 11.6 Å². The van der Waals surface area contributed by atoms with Gasteiger partial charge in [0.05, 0.1) is 11.3 Å². The smallest absolute Gasteiger partial charge is 0.327 e. The summed E-state index contributed by atoms with van der Waals surface area (Å²) in [6.07, 6.45) is 2.67. The van der Waals surface area contributed by atoms with Crippen LogP contribution >= 0.6 is 11.8 Å². The summed E-state index contributed by atoms with van der Waals surface area (Å²) in [5.41, 5.74) is 0.539. The lowest BCUT2D eigenvalue weighted by molar-refractivity contribution is -0.152. The van der Waals surface area contributed by atoms with Crippen molar-refractivity contribution in [1.29, 1.82) is 0 Å². The minimum absolute atomic E-state index is 0.00708. The lowest BCUT2D eigenvalue weighted by Gasteiger charge is -2.43. The molecule has 0 radical (unpaired) electrons. The summed E-state index contributed by atoms with van der Waals surface area (Å²) in [5.74, 6) is 0.0781. The van der Waals surface area contributed by atoms with Crippen molar-refractivity contribution in [3.63, 3.8) is 0 Å². The molecule has 1 saturated carbocycles. The molecule has 106 valence electrons. The number of carboxylic acids is 1. The van der Waals surface area contributed by atoms with Crippen LogP contribution in [0.25, 0.3) is 0 Å². The van der Waals surface area contributed by atoms with Crippen LogP contribution in [0.1, 0.15) is 24.8 Å². The molecule has 1 aromatic rings. The number of benzene rings is 1. The van der Waals surface area contributed by atoms with Crippen molar-refractivity contribution in [3.8, 4) is 0 Å². The number of nitrogens with zero attached hydrogens (tertiary/aromatic N) is 1. The summed E-state index contributed by atoms with van der Waals surface area (Å²) < 4.78 is 0. The van der Waals surface area contributed by atoms with Crippen molar-refractivity contribution in [1.82, 2.24) is 4.90 Å². The van der Waals surface area contributed by atoms with Crippen molar-refractivity contribution < 1.29 is 14.7 Å². The first-order chi connectivity index (χ1) is 9.65. The van der Waals surface area contributed by atoms with Crippen LogP contribution in [0.2, 0.25) is 0 Å². The first kappa shape index (κ1) is 13.5. The van der Waals surface area contributed by atoms with Gasteiger partial charge in [0.15, 0.2) is 0 Å².